The molecule has 3 heteroatoms. The van der Waals surface area contributed by atoms with Crippen LogP contribution in [0.3, 0.4) is 0 Å². The molecule has 0 aliphatic carbocycles. The number of hydrogen-bond donors (Lipinski definition) is 1. The first-order chi connectivity index (χ1) is 7.79. The van der Waals surface area contributed by atoms with E-state index in [4.69, 9.17) is 4.74 Å². The standard InChI is InChI=1S/C13H21NO2/c1-2-13(15)12-3-6-14(10-12)9-11-4-7-16-8-5-11/h3,6,10-11,13,15H,2,4-5,7-9H2,1H3. The molecule has 1 atom stereocenters. The molecule has 90 valence electrons. The normalized spacial score (nSPS) is 19.9. The summed E-state index contributed by atoms with van der Waals surface area (Å²) >= 11 is 0. The van der Waals surface area contributed by atoms with Crippen LogP contribution in [-0.2, 0) is 11.3 Å². The van der Waals surface area contributed by atoms with Crippen molar-refractivity contribution < 1.29 is 9.84 Å². The quantitative estimate of drug-likeness (QED) is 0.850. The fourth-order valence-corrected chi connectivity index (χ4v) is 2.23. The van der Waals surface area contributed by atoms with Crippen molar-refractivity contribution in [1.82, 2.24) is 4.57 Å². The molecule has 0 aromatic carbocycles. The monoisotopic (exact) mass is 223 g/mol. The van der Waals surface area contributed by atoms with Crippen LogP contribution < -0.4 is 0 Å². The van der Waals surface area contributed by atoms with Crippen molar-refractivity contribution in [2.45, 2.75) is 38.8 Å². The molecule has 0 radical (unpaired) electrons. The van der Waals surface area contributed by atoms with Crippen LogP contribution in [-0.4, -0.2) is 22.9 Å². The maximum Gasteiger partial charge on any atom is 0.0802 e. The zero-order valence-corrected chi connectivity index (χ0v) is 9.93. The van der Waals surface area contributed by atoms with Crippen molar-refractivity contribution >= 4 is 0 Å². The predicted octanol–water partition coefficient (Wildman–Crippen LogP) is 2.36. The Hall–Kier alpha value is -0.800. The second-order valence-corrected chi connectivity index (χ2v) is 4.62. The number of aromatic nitrogens is 1. The van der Waals surface area contributed by atoms with Crippen LogP contribution in [0.2, 0.25) is 0 Å². The smallest absolute Gasteiger partial charge is 0.0802 e. The number of nitrogens with zero attached hydrogens (tertiary/aromatic N) is 1. The topological polar surface area (TPSA) is 34.4 Å². The van der Waals surface area contributed by atoms with Gasteiger partial charge in [0, 0.05) is 32.2 Å². The lowest BCUT2D eigenvalue weighted by atomic mass is 10.0. The largest absolute Gasteiger partial charge is 0.388 e. The Bertz CT molecular complexity index is 315. The van der Waals surface area contributed by atoms with Gasteiger partial charge in [0.2, 0.25) is 0 Å². The summed E-state index contributed by atoms with van der Waals surface area (Å²) in [5, 5.41) is 9.72. The van der Waals surface area contributed by atoms with Crippen LogP contribution in [0, 0.1) is 5.92 Å². The van der Waals surface area contributed by atoms with Gasteiger partial charge in [0.25, 0.3) is 0 Å². The molecule has 1 aliphatic heterocycles. The highest BCUT2D eigenvalue weighted by molar-refractivity contribution is 5.13. The molecule has 1 fully saturated rings. The van der Waals surface area contributed by atoms with Crippen molar-refractivity contribution in [1.29, 1.82) is 0 Å². The van der Waals surface area contributed by atoms with Gasteiger partial charge < -0.3 is 14.4 Å². The van der Waals surface area contributed by atoms with Crippen LogP contribution >= 0.6 is 0 Å². The van der Waals surface area contributed by atoms with Gasteiger partial charge in [-0.2, -0.15) is 0 Å². The molecule has 0 saturated carbocycles. The van der Waals surface area contributed by atoms with Gasteiger partial charge in [0.1, 0.15) is 0 Å². The van der Waals surface area contributed by atoms with E-state index in [1.807, 2.05) is 13.0 Å². The number of hydrogen-bond acceptors (Lipinski definition) is 2. The maximum absolute atomic E-state index is 9.72. The lowest BCUT2D eigenvalue weighted by molar-refractivity contribution is 0.0612. The van der Waals surface area contributed by atoms with Crippen molar-refractivity contribution in [3.05, 3.63) is 24.0 Å². The third-order valence-corrected chi connectivity index (χ3v) is 3.35. The van der Waals surface area contributed by atoms with E-state index in [-0.39, 0.29) is 6.10 Å². The summed E-state index contributed by atoms with van der Waals surface area (Å²) in [7, 11) is 0. The highest BCUT2D eigenvalue weighted by Gasteiger charge is 2.14. The Balaban J connectivity index is 1.91. The van der Waals surface area contributed by atoms with E-state index in [2.05, 4.69) is 17.0 Å². The minimum absolute atomic E-state index is 0.309. The first kappa shape index (κ1) is 11.7. The minimum atomic E-state index is -0.309. The molecule has 2 heterocycles. The molecule has 16 heavy (non-hydrogen) atoms. The molecule has 2 rings (SSSR count). The Morgan fingerprint density at radius 3 is 2.94 bits per heavy atom. The molecule has 1 aliphatic rings. The van der Waals surface area contributed by atoms with Gasteiger partial charge in [-0.1, -0.05) is 6.92 Å². The molecule has 0 spiro atoms. The second kappa shape index (κ2) is 5.51. The number of aliphatic hydroxyl groups is 1. The average molecular weight is 223 g/mol. The summed E-state index contributed by atoms with van der Waals surface area (Å²) in [6, 6.07) is 2.02. The molecular formula is C13H21NO2. The summed E-state index contributed by atoms with van der Waals surface area (Å²) in [5.41, 5.74) is 1.04. The molecule has 1 aromatic heterocycles. The van der Waals surface area contributed by atoms with E-state index < -0.39 is 0 Å². The maximum atomic E-state index is 9.72. The van der Waals surface area contributed by atoms with Crippen LogP contribution in [0.1, 0.15) is 37.9 Å². The summed E-state index contributed by atoms with van der Waals surface area (Å²) in [5.74, 6) is 0.729. The second-order valence-electron chi connectivity index (χ2n) is 4.62. The highest BCUT2D eigenvalue weighted by Crippen LogP contribution is 2.20. The lowest BCUT2D eigenvalue weighted by Crippen LogP contribution is -2.19. The van der Waals surface area contributed by atoms with Gasteiger partial charge in [-0.15, -0.1) is 0 Å². The van der Waals surface area contributed by atoms with Gasteiger partial charge in [-0.25, -0.2) is 0 Å². The first-order valence-corrected chi connectivity index (χ1v) is 6.21. The Morgan fingerprint density at radius 1 is 1.50 bits per heavy atom. The molecule has 0 amide bonds. The van der Waals surface area contributed by atoms with Crippen LogP contribution in [0.15, 0.2) is 18.5 Å². The van der Waals surface area contributed by atoms with Crippen molar-refractivity contribution in [2.24, 2.45) is 5.92 Å². The van der Waals surface area contributed by atoms with E-state index in [9.17, 15) is 5.11 Å². The van der Waals surface area contributed by atoms with Crippen LogP contribution in [0.5, 0.6) is 0 Å². The SMILES string of the molecule is CCC(O)c1ccn(CC2CCOCC2)c1. The predicted molar refractivity (Wildman–Crippen MR) is 63.2 cm³/mol. The first-order valence-electron chi connectivity index (χ1n) is 6.21. The van der Waals surface area contributed by atoms with E-state index in [1.54, 1.807) is 0 Å². The average Bonchev–Trinajstić information content (AvgIpc) is 2.78. The summed E-state index contributed by atoms with van der Waals surface area (Å²) < 4.78 is 7.55. The Labute approximate surface area is 97.0 Å². The Morgan fingerprint density at radius 2 is 2.25 bits per heavy atom. The summed E-state index contributed by atoms with van der Waals surface area (Å²) in [6.45, 7) is 4.85. The third kappa shape index (κ3) is 2.86. The molecule has 3 nitrogen and oxygen atoms in total. The summed E-state index contributed by atoms with van der Waals surface area (Å²) in [4.78, 5) is 0. The minimum Gasteiger partial charge on any atom is -0.388 e. The van der Waals surface area contributed by atoms with Crippen LogP contribution in [0.25, 0.3) is 0 Å². The van der Waals surface area contributed by atoms with Crippen molar-refractivity contribution in [3.8, 4) is 0 Å². The van der Waals surface area contributed by atoms with Crippen molar-refractivity contribution in [3.63, 3.8) is 0 Å². The number of rotatable bonds is 4. The number of ether oxygens (including phenoxy) is 1. The van der Waals surface area contributed by atoms with Crippen molar-refractivity contribution in [2.75, 3.05) is 13.2 Å². The zero-order chi connectivity index (χ0) is 11.4. The molecule has 1 saturated heterocycles. The molecule has 0 bridgehead atoms. The van der Waals surface area contributed by atoms with Gasteiger partial charge in [0.05, 0.1) is 6.10 Å². The van der Waals surface area contributed by atoms with Gasteiger partial charge in [-0.05, 0) is 36.8 Å². The Kier molecular flexibility index (Phi) is 4.02. The van der Waals surface area contributed by atoms with Gasteiger partial charge >= 0.3 is 0 Å². The fourth-order valence-electron chi connectivity index (χ4n) is 2.23. The van der Waals surface area contributed by atoms with E-state index in [0.29, 0.717) is 0 Å². The molecule has 1 N–H and O–H groups in total. The molecule has 1 aromatic rings. The van der Waals surface area contributed by atoms with E-state index >= 15 is 0 Å². The van der Waals surface area contributed by atoms with Gasteiger partial charge in [0.15, 0.2) is 0 Å². The lowest BCUT2D eigenvalue weighted by Gasteiger charge is -2.22. The molecule has 1 unspecified atom stereocenters. The van der Waals surface area contributed by atoms with E-state index in [0.717, 1.165) is 50.5 Å². The summed E-state index contributed by atoms with van der Waals surface area (Å²) in [6.07, 6.45) is 6.93. The van der Waals surface area contributed by atoms with Crippen LogP contribution in [0.4, 0.5) is 0 Å². The van der Waals surface area contributed by atoms with E-state index in [1.165, 1.54) is 0 Å². The fraction of sp³-hybridized carbons (Fsp3) is 0.692. The number of aliphatic hydroxyl groups excluding tert-OH is 1. The molecular weight excluding hydrogens is 202 g/mol. The highest BCUT2D eigenvalue weighted by atomic mass is 16.5. The van der Waals surface area contributed by atoms with Gasteiger partial charge in [-0.3, -0.25) is 0 Å². The zero-order valence-electron chi connectivity index (χ0n) is 9.93. The third-order valence-electron chi connectivity index (χ3n) is 3.35.